The monoisotopic (exact) mass is 336 g/mol. The van der Waals surface area contributed by atoms with E-state index in [9.17, 15) is 18.0 Å². The Morgan fingerprint density at radius 3 is 2.58 bits per heavy atom. The van der Waals surface area contributed by atoms with Crippen LogP contribution in [0.3, 0.4) is 0 Å². The number of ether oxygens (including phenoxy) is 1. The molecule has 2 aromatic heterocycles. The molecule has 0 aliphatic carbocycles. The van der Waals surface area contributed by atoms with Crippen LogP contribution in [-0.4, -0.2) is 32.2 Å². The number of fused-ring (bicyclic) bond motifs is 1. The molecule has 0 amide bonds. The fourth-order valence-corrected chi connectivity index (χ4v) is 2.19. The third-order valence-corrected chi connectivity index (χ3v) is 3.16. The van der Waals surface area contributed by atoms with E-state index in [-0.39, 0.29) is 23.6 Å². The quantitative estimate of drug-likeness (QED) is 0.688. The Hall–Kier alpha value is -2.97. The summed E-state index contributed by atoms with van der Waals surface area (Å²) in [5.41, 5.74) is 0.641. The molecule has 0 saturated heterocycles. The van der Waals surface area contributed by atoms with Crippen molar-refractivity contribution in [2.45, 2.75) is 13.1 Å². The standard InChI is InChI=1S/C15H11F3N4O2/c1-2-24-12(23)10-8-19-14-20-13(15(16,17)18)21-22(14)11(10)9-6-4-3-5-7-9/h3-8H,2H2,1H3. The summed E-state index contributed by atoms with van der Waals surface area (Å²) in [4.78, 5) is 19.3. The molecule has 0 radical (unpaired) electrons. The van der Waals surface area contributed by atoms with Gasteiger partial charge >= 0.3 is 12.1 Å². The Kier molecular flexibility index (Phi) is 3.92. The van der Waals surface area contributed by atoms with Gasteiger partial charge in [-0.3, -0.25) is 0 Å². The van der Waals surface area contributed by atoms with Crippen molar-refractivity contribution in [2.75, 3.05) is 6.61 Å². The van der Waals surface area contributed by atoms with Crippen molar-refractivity contribution in [3.63, 3.8) is 0 Å². The second-order valence-electron chi connectivity index (χ2n) is 4.75. The van der Waals surface area contributed by atoms with Crippen molar-refractivity contribution in [3.8, 4) is 11.3 Å². The fraction of sp³-hybridized carbons (Fsp3) is 0.200. The summed E-state index contributed by atoms with van der Waals surface area (Å²) in [5, 5.41) is 3.47. The SMILES string of the molecule is CCOC(=O)c1cnc2nc(C(F)(F)F)nn2c1-c1ccccc1. The van der Waals surface area contributed by atoms with Gasteiger partial charge in [-0.2, -0.15) is 22.7 Å². The summed E-state index contributed by atoms with van der Waals surface area (Å²) < 4.78 is 44.5. The van der Waals surface area contributed by atoms with Gasteiger partial charge in [0.2, 0.25) is 0 Å². The topological polar surface area (TPSA) is 69.4 Å². The van der Waals surface area contributed by atoms with Crippen LogP contribution in [0.25, 0.3) is 17.0 Å². The number of benzene rings is 1. The maximum absolute atomic E-state index is 12.9. The Balaban J connectivity index is 2.30. The highest BCUT2D eigenvalue weighted by molar-refractivity contribution is 5.96. The summed E-state index contributed by atoms with van der Waals surface area (Å²) in [6, 6.07) is 8.42. The molecular weight excluding hydrogens is 325 g/mol. The molecule has 0 N–H and O–H groups in total. The number of halogens is 3. The zero-order valence-electron chi connectivity index (χ0n) is 12.4. The zero-order valence-corrected chi connectivity index (χ0v) is 12.4. The van der Waals surface area contributed by atoms with Crippen LogP contribution < -0.4 is 0 Å². The number of nitrogens with zero attached hydrogens (tertiary/aromatic N) is 4. The van der Waals surface area contributed by atoms with Crippen LogP contribution >= 0.6 is 0 Å². The highest BCUT2D eigenvalue weighted by Crippen LogP contribution is 2.29. The van der Waals surface area contributed by atoms with E-state index in [4.69, 9.17) is 4.74 Å². The Bertz CT molecular complexity index is 891. The summed E-state index contributed by atoms with van der Waals surface area (Å²) in [5.74, 6) is -2.28. The Morgan fingerprint density at radius 1 is 1.25 bits per heavy atom. The number of hydrogen-bond donors (Lipinski definition) is 0. The van der Waals surface area contributed by atoms with Gasteiger partial charge < -0.3 is 4.74 Å². The molecule has 3 aromatic rings. The largest absolute Gasteiger partial charge is 0.462 e. The van der Waals surface area contributed by atoms with Gasteiger partial charge in [-0.1, -0.05) is 30.3 Å². The van der Waals surface area contributed by atoms with E-state index in [2.05, 4.69) is 15.1 Å². The minimum atomic E-state index is -4.72. The molecule has 24 heavy (non-hydrogen) atoms. The molecule has 0 saturated carbocycles. The van der Waals surface area contributed by atoms with Gasteiger partial charge in [-0.15, -0.1) is 5.10 Å². The van der Waals surface area contributed by atoms with Crippen LogP contribution in [-0.2, 0) is 10.9 Å². The molecule has 0 unspecified atom stereocenters. The molecule has 0 fully saturated rings. The molecule has 0 aliphatic rings. The molecule has 6 nitrogen and oxygen atoms in total. The van der Waals surface area contributed by atoms with E-state index in [0.29, 0.717) is 5.56 Å². The van der Waals surface area contributed by atoms with E-state index in [0.717, 1.165) is 10.7 Å². The van der Waals surface area contributed by atoms with Gasteiger partial charge in [-0.05, 0) is 6.92 Å². The Labute approximate surface area is 133 Å². The minimum Gasteiger partial charge on any atom is -0.462 e. The maximum Gasteiger partial charge on any atom is 0.453 e. The molecule has 124 valence electrons. The van der Waals surface area contributed by atoms with E-state index in [1.165, 1.54) is 0 Å². The summed E-state index contributed by atoms with van der Waals surface area (Å²) in [6.45, 7) is 1.75. The normalized spacial score (nSPS) is 11.7. The summed E-state index contributed by atoms with van der Waals surface area (Å²) >= 11 is 0. The first-order chi connectivity index (χ1) is 11.4. The predicted octanol–water partition coefficient (Wildman–Crippen LogP) is 2.99. The molecule has 0 bridgehead atoms. The zero-order chi connectivity index (χ0) is 17.3. The average Bonchev–Trinajstić information content (AvgIpc) is 2.99. The highest BCUT2D eigenvalue weighted by Gasteiger charge is 2.37. The highest BCUT2D eigenvalue weighted by atomic mass is 19.4. The molecule has 2 heterocycles. The molecule has 0 aliphatic heterocycles. The Morgan fingerprint density at radius 2 is 1.96 bits per heavy atom. The number of aromatic nitrogens is 4. The van der Waals surface area contributed by atoms with Gasteiger partial charge in [0, 0.05) is 11.8 Å². The van der Waals surface area contributed by atoms with Crippen molar-refractivity contribution in [3.05, 3.63) is 47.9 Å². The number of alkyl halides is 3. The lowest BCUT2D eigenvalue weighted by Gasteiger charge is -2.10. The van der Waals surface area contributed by atoms with E-state index < -0.39 is 18.0 Å². The average molecular weight is 336 g/mol. The van der Waals surface area contributed by atoms with Crippen LogP contribution in [0.5, 0.6) is 0 Å². The van der Waals surface area contributed by atoms with Crippen LogP contribution in [0.4, 0.5) is 13.2 Å². The van der Waals surface area contributed by atoms with Gasteiger partial charge in [0.05, 0.1) is 12.3 Å². The third-order valence-electron chi connectivity index (χ3n) is 3.16. The third kappa shape index (κ3) is 2.80. The smallest absolute Gasteiger partial charge is 0.453 e. The number of carbonyl (C=O) groups excluding carboxylic acids is 1. The fourth-order valence-electron chi connectivity index (χ4n) is 2.19. The molecular formula is C15H11F3N4O2. The second-order valence-corrected chi connectivity index (χ2v) is 4.75. The molecule has 9 heteroatoms. The predicted molar refractivity (Wildman–Crippen MR) is 77.2 cm³/mol. The van der Waals surface area contributed by atoms with Gasteiger partial charge in [-0.25, -0.2) is 9.78 Å². The van der Waals surface area contributed by atoms with Crippen molar-refractivity contribution in [2.24, 2.45) is 0 Å². The van der Waals surface area contributed by atoms with Gasteiger partial charge in [0.25, 0.3) is 11.6 Å². The van der Waals surface area contributed by atoms with E-state index in [1.54, 1.807) is 37.3 Å². The van der Waals surface area contributed by atoms with Crippen LogP contribution in [0.15, 0.2) is 36.5 Å². The van der Waals surface area contributed by atoms with E-state index in [1.807, 2.05) is 0 Å². The maximum atomic E-state index is 12.9. The van der Waals surface area contributed by atoms with Crippen molar-refractivity contribution < 1.29 is 22.7 Å². The summed E-state index contributed by atoms with van der Waals surface area (Å²) in [6.07, 6.45) is -3.57. The van der Waals surface area contributed by atoms with Gasteiger partial charge in [0.15, 0.2) is 0 Å². The lowest BCUT2D eigenvalue weighted by atomic mass is 10.1. The van der Waals surface area contributed by atoms with Crippen molar-refractivity contribution in [1.29, 1.82) is 0 Å². The van der Waals surface area contributed by atoms with Crippen molar-refractivity contribution >= 4 is 11.7 Å². The van der Waals surface area contributed by atoms with Gasteiger partial charge in [0.1, 0.15) is 5.56 Å². The van der Waals surface area contributed by atoms with Crippen LogP contribution in [0.1, 0.15) is 23.1 Å². The molecule has 0 spiro atoms. The van der Waals surface area contributed by atoms with E-state index >= 15 is 0 Å². The number of esters is 1. The number of carbonyl (C=O) groups is 1. The first-order valence-corrected chi connectivity index (χ1v) is 6.97. The lowest BCUT2D eigenvalue weighted by Crippen LogP contribution is -2.11. The molecule has 0 atom stereocenters. The summed E-state index contributed by atoms with van der Waals surface area (Å²) in [7, 11) is 0. The number of rotatable bonds is 3. The van der Waals surface area contributed by atoms with Crippen LogP contribution in [0, 0.1) is 0 Å². The number of hydrogen-bond acceptors (Lipinski definition) is 5. The lowest BCUT2D eigenvalue weighted by molar-refractivity contribution is -0.144. The molecule has 1 aromatic carbocycles. The van der Waals surface area contributed by atoms with Crippen LogP contribution in [0.2, 0.25) is 0 Å². The van der Waals surface area contributed by atoms with Crippen molar-refractivity contribution in [1.82, 2.24) is 19.6 Å². The first-order valence-electron chi connectivity index (χ1n) is 6.97. The first kappa shape index (κ1) is 15.9. The minimum absolute atomic E-state index is 0.00849. The second kappa shape index (κ2) is 5.91. The molecule has 3 rings (SSSR count).